The molecule has 6 heteroatoms. The third kappa shape index (κ3) is 6.08. The number of amides is 1. The molecule has 0 fully saturated rings. The van der Waals surface area contributed by atoms with E-state index >= 15 is 0 Å². The number of nitrogens with zero attached hydrogens (tertiary/aromatic N) is 1. The Bertz CT molecular complexity index is 465. The summed E-state index contributed by atoms with van der Waals surface area (Å²) in [6.07, 6.45) is 3.34. The summed E-state index contributed by atoms with van der Waals surface area (Å²) in [5.41, 5.74) is 6.65. The van der Waals surface area contributed by atoms with Crippen molar-refractivity contribution in [3.8, 4) is 0 Å². The van der Waals surface area contributed by atoms with Gasteiger partial charge in [0, 0.05) is 6.04 Å². The minimum Gasteiger partial charge on any atom is -0.409 e. The van der Waals surface area contributed by atoms with Crippen LogP contribution in [0.3, 0.4) is 0 Å². The summed E-state index contributed by atoms with van der Waals surface area (Å²) in [4.78, 5) is 12.3. The molecule has 0 aromatic heterocycles. The minimum absolute atomic E-state index is 0.0616. The van der Waals surface area contributed by atoms with Gasteiger partial charge in [0.05, 0.1) is 0 Å². The molecule has 0 saturated carbocycles. The molecule has 0 radical (unpaired) electrons. The van der Waals surface area contributed by atoms with Crippen LogP contribution in [-0.4, -0.2) is 35.0 Å². The lowest BCUT2D eigenvalue weighted by molar-refractivity contribution is -0.123. The van der Waals surface area contributed by atoms with Gasteiger partial charge >= 0.3 is 0 Å². The van der Waals surface area contributed by atoms with Gasteiger partial charge in [-0.1, -0.05) is 35.5 Å². The number of carbonyl (C=O) groups excluding carboxylic acids is 1. The molecule has 5 nitrogen and oxygen atoms in total. The second-order valence-corrected chi connectivity index (χ2v) is 5.94. The zero-order valence-electron chi connectivity index (χ0n) is 12.5. The zero-order valence-corrected chi connectivity index (χ0v) is 13.3. The van der Waals surface area contributed by atoms with Gasteiger partial charge in [-0.3, -0.25) is 4.79 Å². The Labute approximate surface area is 130 Å². The molecule has 21 heavy (non-hydrogen) atoms. The summed E-state index contributed by atoms with van der Waals surface area (Å²) in [6.45, 7) is 1.96. The number of carbonyl (C=O) groups is 1. The van der Waals surface area contributed by atoms with Gasteiger partial charge in [0.1, 0.15) is 5.92 Å². The standard InChI is InChI=1S/C15H23N3O2S/c1-11(8-9-21-2)17-15(19)13(14(16)18-20)10-12-6-4-3-5-7-12/h3-7,11,13,20H,8-10H2,1-2H3,(H2,16,18)(H,17,19). The second kappa shape index (κ2) is 9.28. The number of hydrogen-bond donors (Lipinski definition) is 3. The quantitative estimate of drug-likeness (QED) is 0.296. The third-order valence-corrected chi connectivity index (χ3v) is 3.86. The molecule has 1 amide bonds. The van der Waals surface area contributed by atoms with Crippen LogP contribution in [-0.2, 0) is 11.2 Å². The van der Waals surface area contributed by atoms with Gasteiger partial charge in [0.2, 0.25) is 5.91 Å². The van der Waals surface area contributed by atoms with Crippen LogP contribution >= 0.6 is 11.8 Å². The van der Waals surface area contributed by atoms with Crippen molar-refractivity contribution < 1.29 is 10.0 Å². The number of nitrogens with two attached hydrogens (primary N) is 1. The van der Waals surface area contributed by atoms with Crippen molar-refractivity contribution in [2.45, 2.75) is 25.8 Å². The number of benzene rings is 1. The van der Waals surface area contributed by atoms with E-state index in [1.54, 1.807) is 11.8 Å². The first kappa shape index (κ1) is 17.4. The number of amidine groups is 1. The molecule has 0 aliphatic heterocycles. The predicted octanol–water partition coefficient (Wildman–Crippen LogP) is 1.85. The molecule has 0 heterocycles. The lowest BCUT2D eigenvalue weighted by Gasteiger charge is -2.19. The Morgan fingerprint density at radius 3 is 2.67 bits per heavy atom. The predicted molar refractivity (Wildman–Crippen MR) is 87.6 cm³/mol. The molecule has 0 aliphatic carbocycles. The van der Waals surface area contributed by atoms with Gasteiger partial charge in [-0.05, 0) is 37.3 Å². The van der Waals surface area contributed by atoms with Crippen molar-refractivity contribution in [2.75, 3.05) is 12.0 Å². The smallest absolute Gasteiger partial charge is 0.231 e. The van der Waals surface area contributed by atoms with Crippen molar-refractivity contribution in [1.82, 2.24) is 5.32 Å². The maximum atomic E-state index is 12.3. The van der Waals surface area contributed by atoms with E-state index in [0.717, 1.165) is 17.7 Å². The van der Waals surface area contributed by atoms with E-state index in [-0.39, 0.29) is 17.8 Å². The molecule has 0 bridgehead atoms. The lowest BCUT2D eigenvalue weighted by Crippen LogP contribution is -2.43. The Morgan fingerprint density at radius 2 is 2.10 bits per heavy atom. The molecule has 1 aromatic carbocycles. The highest BCUT2D eigenvalue weighted by Gasteiger charge is 2.24. The molecule has 1 rings (SSSR count). The Kier molecular flexibility index (Phi) is 7.68. The minimum atomic E-state index is -0.658. The van der Waals surface area contributed by atoms with Crippen molar-refractivity contribution in [3.05, 3.63) is 35.9 Å². The molecule has 0 aliphatic rings. The van der Waals surface area contributed by atoms with Crippen LogP contribution in [0.1, 0.15) is 18.9 Å². The summed E-state index contributed by atoms with van der Waals surface area (Å²) in [7, 11) is 0. The normalized spacial score (nSPS) is 14.5. The summed E-state index contributed by atoms with van der Waals surface area (Å²) in [6, 6.07) is 9.61. The molecule has 0 spiro atoms. The fraction of sp³-hybridized carbons (Fsp3) is 0.467. The van der Waals surface area contributed by atoms with Crippen molar-refractivity contribution in [2.24, 2.45) is 16.8 Å². The van der Waals surface area contributed by atoms with E-state index < -0.39 is 5.92 Å². The van der Waals surface area contributed by atoms with Crippen LogP contribution in [0.2, 0.25) is 0 Å². The molecule has 2 unspecified atom stereocenters. The Morgan fingerprint density at radius 1 is 1.43 bits per heavy atom. The highest BCUT2D eigenvalue weighted by Crippen LogP contribution is 2.10. The summed E-state index contributed by atoms with van der Waals surface area (Å²) in [5.74, 6) is 0.0549. The molecule has 1 aromatic rings. The van der Waals surface area contributed by atoms with E-state index in [2.05, 4.69) is 10.5 Å². The average molecular weight is 309 g/mol. The molecular formula is C15H23N3O2S. The first-order valence-corrected chi connectivity index (χ1v) is 8.28. The summed E-state index contributed by atoms with van der Waals surface area (Å²) in [5, 5.41) is 14.8. The van der Waals surface area contributed by atoms with Crippen molar-refractivity contribution in [3.63, 3.8) is 0 Å². The number of nitrogens with one attached hydrogen (secondary N) is 1. The number of rotatable bonds is 8. The van der Waals surface area contributed by atoms with Gasteiger partial charge < -0.3 is 16.3 Å². The molecule has 116 valence electrons. The van der Waals surface area contributed by atoms with Crippen molar-refractivity contribution >= 4 is 23.5 Å². The number of hydrogen-bond acceptors (Lipinski definition) is 4. The highest BCUT2D eigenvalue weighted by molar-refractivity contribution is 7.98. The summed E-state index contributed by atoms with van der Waals surface area (Å²) < 4.78 is 0. The van der Waals surface area contributed by atoms with Crippen LogP contribution < -0.4 is 11.1 Å². The van der Waals surface area contributed by atoms with E-state index in [9.17, 15) is 4.79 Å². The number of thioether (sulfide) groups is 1. The van der Waals surface area contributed by atoms with E-state index in [0.29, 0.717) is 6.42 Å². The van der Waals surface area contributed by atoms with E-state index in [4.69, 9.17) is 10.9 Å². The maximum absolute atomic E-state index is 12.3. The fourth-order valence-corrected chi connectivity index (χ4v) is 2.55. The summed E-state index contributed by atoms with van der Waals surface area (Å²) >= 11 is 1.74. The topological polar surface area (TPSA) is 87.7 Å². The van der Waals surface area contributed by atoms with Crippen LogP contribution in [0.4, 0.5) is 0 Å². The first-order valence-electron chi connectivity index (χ1n) is 6.89. The van der Waals surface area contributed by atoms with Gasteiger partial charge in [0.15, 0.2) is 5.84 Å². The molecule has 2 atom stereocenters. The highest BCUT2D eigenvalue weighted by atomic mass is 32.2. The second-order valence-electron chi connectivity index (χ2n) is 4.96. The lowest BCUT2D eigenvalue weighted by atomic mass is 9.97. The van der Waals surface area contributed by atoms with Crippen LogP contribution in [0.5, 0.6) is 0 Å². The SMILES string of the molecule is CSCCC(C)NC(=O)C(Cc1ccccc1)/C(N)=N/O. The largest absolute Gasteiger partial charge is 0.409 e. The van der Waals surface area contributed by atoms with Crippen molar-refractivity contribution in [1.29, 1.82) is 0 Å². The maximum Gasteiger partial charge on any atom is 0.231 e. The Balaban J connectivity index is 2.71. The van der Waals surface area contributed by atoms with Gasteiger partial charge in [-0.25, -0.2) is 0 Å². The van der Waals surface area contributed by atoms with Gasteiger partial charge in [0.25, 0.3) is 0 Å². The van der Waals surface area contributed by atoms with Crippen LogP contribution in [0.15, 0.2) is 35.5 Å². The zero-order chi connectivity index (χ0) is 15.7. The van der Waals surface area contributed by atoms with E-state index in [1.807, 2.05) is 43.5 Å². The fourth-order valence-electron chi connectivity index (χ4n) is 1.96. The third-order valence-electron chi connectivity index (χ3n) is 3.22. The first-order chi connectivity index (χ1) is 10.1. The van der Waals surface area contributed by atoms with Gasteiger partial charge in [-0.15, -0.1) is 0 Å². The molecular weight excluding hydrogens is 286 g/mol. The molecule has 0 saturated heterocycles. The monoisotopic (exact) mass is 309 g/mol. The number of oxime groups is 1. The van der Waals surface area contributed by atoms with Crippen LogP contribution in [0.25, 0.3) is 0 Å². The average Bonchev–Trinajstić information content (AvgIpc) is 2.50. The van der Waals surface area contributed by atoms with Gasteiger partial charge in [-0.2, -0.15) is 11.8 Å². The van der Waals surface area contributed by atoms with Crippen LogP contribution in [0, 0.1) is 5.92 Å². The van der Waals surface area contributed by atoms with E-state index in [1.165, 1.54) is 0 Å². The molecule has 4 N–H and O–H groups in total. The Hall–Kier alpha value is -1.69.